The van der Waals surface area contributed by atoms with Crippen molar-refractivity contribution in [3.05, 3.63) is 117 Å². The monoisotopic (exact) mass is 838 g/mol. The maximum atomic E-state index is 11.9. The molecule has 3 aromatic heterocycles. The van der Waals surface area contributed by atoms with E-state index in [1.807, 2.05) is 52.0 Å². The number of aromatic nitrogens is 4. The van der Waals surface area contributed by atoms with Crippen molar-refractivity contribution in [1.29, 1.82) is 0 Å². The Balaban J connectivity index is 0.00000769. The largest absolute Gasteiger partial charge is 0.657 e. The number of rotatable bonds is 17. The van der Waals surface area contributed by atoms with E-state index in [9.17, 15) is 24.9 Å². The molecule has 3 N–H and O–H groups in total. The van der Waals surface area contributed by atoms with Crippen LogP contribution in [-0.2, 0) is 33.1 Å². The van der Waals surface area contributed by atoms with Crippen molar-refractivity contribution in [2.24, 2.45) is 0 Å². The first-order valence-electron chi connectivity index (χ1n) is 20.3. The summed E-state index contributed by atoms with van der Waals surface area (Å²) in [6.45, 7) is 20.5. The van der Waals surface area contributed by atoms with Crippen molar-refractivity contribution in [3.8, 4) is 0 Å². The van der Waals surface area contributed by atoms with Crippen LogP contribution in [0.25, 0.3) is 44.4 Å². The molecule has 8 bridgehead atoms. The number of hydrogen-bond acceptors (Lipinski definition) is 5. The van der Waals surface area contributed by atoms with Crippen LogP contribution in [0.2, 0.25) is 0 Å². The summed E-state index contributed by atoms with van der Waals surface area (Å²) in [5.41, 5.74) is 15.8. The molecule has 0 saturated heterocycles. The van der Waals surface area contributed by atoms with Gasteiger partial charge in [0.15, 0.2) is 0 Å². The molecule has 9 nitrogen and oxygen atoms in total. The topological polar surface area (TPSA) is 149 Å². The van der Waals surface area contributed by atoms with E-state index in [1.165, 1.54) is 16.7 Å². The van der Waals surface area contributed by atoms with Crippen molar-refractivity contribution < 1.29 is 42.0 Å². The molecular weight excluding hydrogens is 780 g/mol. The van der Waals surface area contributed by atoms with Gasteiger partial charge in [-0.2, -0.15) is 0 Å². The summed E-state index contributed by atoms with van der Waals surface area (Å²) in [6.07, 6.45) is 13.6. The number of carboxylic acids is 2. The van der Waals surface area contributed by atoms with Gasteiger partial charge in [0, 0.05) is 35.5 Å². The average molecular weight is 839 g/mol. The number of aliphatic hydroxyl groups excluding tert-OH is 1. The van der Waals surface area contributed by atoms with Gasteiger partial charge in [0.05, 0.1) is 28.9 Å². The van der Waals surface area contributed by atoms with Crippen LogP contribution in [0.1, 0.15) is 150 Å². The molecule has 2 aliphatic rings. The van der Waals surface area contributed by atoms with Crippen molar-refractivity contribution in [2.75, 3.05) is 0 Å². The Labute approximate surface area is 359 Å². The predicted octanol–water partition coefficient (Wildman–Crippen LogP) is 11.3. The molecule has 59 heavy (non-hydrogen) atoms. The van der Waals surface area contributed by atoms with Crippen LogP contribution in [0.5, 0.6) is 0 Å². The number of aryl methyl sites for hydroxylation is 3. The summed E-state index contributed by atoms with van der Waals surface area (Å²) in [7, 11) is 0. The number of carbonyl (C=O) groups is 2. The third-order valence-corrected chi connectivity index (χ3v) is 11.2. The molecule has 0 radical (unpaired) electrons. The van der Waals surface area contributed by atoms with E-state index in [0.717, 1.165) is 70.2 Å². The number of allylic oxidation sites excluding steroid dienone is 11. The Hall–Kier alpha value is -5.02. The van der Waals surface area contributed by atoms with Crippen molar-refractivity contribution in [3.63, 3.8) is 0 Å². The van der Waals surface area contributed by atoms with Crippen molar-refractivity contribution in [1.82, 2.24) is 19.9 Å². The van der Waals surface area contributed by atoms with Gasteiger partial charge in [-0.3, -0.25) is 9.59 Å². The molecule has 0 amide bonds. The molecule has 0 aromatic carbocycles. The molecule has 0 aliphatic carbocycles. The Kier molecular flexibility index (Phi) is 16.4. The quantitative estimate of drug-likeness (QED) is 0.0892. The standard InChI is InChI=1S/C49H60N4O5.Fe/c1-10-35-31(6)40-26-45-49(46(54)19-13-18-30(5)17-12-16-29(4)15-11-14-28(2)3)34(9)41(53-45)24-38-32(7)36(20-22-47(55)56)43(51-38)27-44-37(21-23-48(57)58)33(8)39(52-44)25-42(35)50-40;/h10,14,16,18,24-27,46,54H,1,11-13,15,17,19-23H2,2-9H3,(H4,50,51,52,53,55,56,57,58);/p-2/b29-16+,30-18+,38-24?,39-25?,40-26?,41-24?,42-25?,43-27?,44-27?,45-26?;/t46-;/m0./s1. The smallest absolute Gasteiger partial charge is 0.303 e. The van der Waals surface area contributed by atoms with Gasteiger partial charge in [0.25, 0.3) is 0 Å². The van der Waals surface area contributed by atoms with Gasteiger partial charge in [-0.15, -0.1) is 22.1 Å². The molecule has 5 rings (SSSR count). The number of fused-ring (bicyclic) bond motifs is 8. The third-order valence-electron chi connectivity index (χ3n) is 11.2. The fraction of sp³-hybridized carbons (Fsp3) is 0.388. The first kappa shape index (κ1) is 46.7. The zero-order chi connectivity index (χ0) is 42.3. The number of nitrogens with zero attached hydrogens (tertiary/aromatic N) is 4. The molecule has 0 unspecified atom stereocenters. The van der Waals surface area contributed by atoms with Gasteiger partial charge in [-0.05, 0) is 129 Å². The minimum Gasteiger partial charge on any atom is -0.657 e. The summed E-state index contributed by atoms with van der Waals surface area (Å²) < 4.78 is 0. The Morgan fingerprint density at radius 2 is 1.20 bits per heavy atom. The molecule has 314 valence electrons. The van der Waals surface area contributed by atoms with Crippen molar-refractivity contribution in [2.45, 2.75) is 126 Å². The van der Waals surface area contributed by atoms with Crippen molar-refractivity contribution >= 4 is 56.3 Å². The number of hydrogen-bond donors (Lipinski definition) is 3. The number of aliphatic carboxylic acids is 2. The van der Waals surface area contributed by atoms with Crippen LogP contribution in [-0.4, -0.2) is 37.2 Å². The van der Waals surface area contributed by atoms with Crippen LogP contribution >= 0.6 is 0 Å². The zero-order valence-electron chi connectivity index (χ0n) is 35.8. The molecular formula is C49H58FeN4O5-2. The Morgan fingerprint density at radius 1 is 0.678 bits per heavy atom. The van der Waals surface area contributed by atoms with Crippen LogP contribution in [0.15, 0.2) is 71.9 Å². The summed E-state index contributed by atoms with van der Waals surface area (Å²) >= 11 is 0. The van der Waals surface area contributed by atoms with Gasteiger partial charge in [-0.25, -0.2) is 9.97 Å². The number of carboxylic acid groups (broad SMARTS) is 2. The minimum absolute atomic E-state index is 0. The fourth-order valence-electron chi connectivity index (χ4n) is 7.75. The molecule has 0 saturated carbocycles. The fourth-order valence-corrected chi connectivity index (χ4v) is 7.75. The summed E-state index contributed by atoms with van der Waals surface area (Å²) in [6, 6.07) is 7.58. The SMILES string of the molecule is C=CC1=C(C)c2cc3[n-]c(cc4nc(cc5[n-]c(cc1n2)c(C)c5CCC(=O)O)C(CCC(=O)O)=C4C)c(C)c3[C@@H](O)CC/C=C(\C)CC/C=C(\C)CCC=C(C)C.[Fe]. The molecule has 10 heteroatoms. The molecule has 2 aliphatic heterocycles. The molecule has 0 spiro atoms. The normalized spacial score (nSPS) is 13.7. The van der Waals surface area contributed by atoms with Gasteiger partial charge < -0.3 is 25.3 Å². The summed E-state index contributed by atoms with van der Waals surface area (Å²) in [4.78, 5) is 43.6. The van der Waals surface area contributed by atoms with E-state index in [1.54, 1.807) is 6.08 Å². The van der Waals surface area contributed by atoms with E-state index in [4.69, 9.17) is 19.9 Å². The molecule has 0 fully saturated rings. The van der Waals surface area contributed by atoms with E-state index in [-0.39, 0.29) is 42.8 Å². The second kappa shape index (κ2) is 20.8. The Morgan fingerprint density at radius 3 is 1.85 bits per heavy atom. The molecule has 5 heterocycles. The van der Waals surface area contributed by atoms with Crippen LogP contribution in [0, 0.1) is 13.8 Å². The maximum absolute atomic E-state index is 11.9. The summed E-state index contributed by atoms with van der Waals surface area (Å²) in [5.74, 6) is -1.83. The van der Waals surface area contributed by atoms with E-state index in [0.29, 0.717) is 57.7 Å². The third kappa shape index (κ3) is 11.6. The maximum Gasteiger partial charge on any atom is 0.303 e. The molecule has 3 aromatic rings. The van der Waals surface area contributed by atoms with E-state index in [2.05, 4.69) is 52.5 Å². The van der Waals surface area contributed by atoms with Gasteiger partial charge in [0.1, 0.15) is 0 Å². The van der Waals surface area contributed by atoms with Crippen LogP contribution < -0.4 is 9.97 Å². The zero-order valence-corrected chi connectivity index (χ0v) is 36.9. The van der Waals surface area contributed by atoms with Crippen LogP contribution in [0.4, 0.5) is 0 Å². The number of aliphatic hydroxyl groups is 1. The van der Waals surface area contributed by atoms with E-state index < -0.39 is 18.0 Å². The first-order chi connectivity index (χ1) is 27.6. The first-order valence-corrected chi connectivity index (χ1v) is 20.3. The average Bonchev–Trinajstić information content (AvgIpc) is 3.82. The molecule has 1 atom stereocenters. The second-order valence-corrected chi connectivity index (χ2v) is 15.9. The van der Waals surface area contributed by atoms with E-state index >= 15 is 0 Å². The van der Waals surface area contributed by atoms with Gasteiger partial charge in [0.2, 0.25) is 0 Å². The minimum atomic E-state index is -0.915. The Bertz CT molecular complexity index is 2430. The van der Waals surface area contributed by atoms with Crippen LogP contribution in [0.3, 0.4) is 0 Å². The summed E-state index contributed by atoms with van der Waals surface area (Å²) in [5, 5.41) is 31.1. The predicted molar refractivity (Wildman–Crippen MR) is 236 cm³/mol. The van der Waals surface area contributed by atoms with Gasteiger partial charge in [-0.1, -0.05) is 88.6 Å². The second-order valence-electron chi connectivity index (χ2n) is 15.9. The van der Waals surface area contributed by atoms with Gasteiger partial charge >= 0.3 is 11.9 Å².